The lowest BCUT2D eigenvalue weighted by Crippen LogP contribution is -2.32. The van der Waals surface area contributed by atoms with Gasteiger partial charge in [0.15, 0.2) is 0 Å². The molecule has 1 atom stereocenters. The van der Waals surface area contributed by atoms with E-state index in [1.165, 1.54) is 12.1 Å². The SMILES string of the molecule is O=C(NC[C@@H]1CCCO1)/C(=C/c1cccc([N+](=O)[O-])c1)c1ccccc1. The first-order valence-corrected chi connectivity index (χ1v) is 8.55. The molecule has 2 aromatic rings. The topological polar surface area (TPSA) is 81.5 Å². The molecular weight excluding hydrogens is 332 g/mol. The van der Waals surface area contributed by atoms with Gasteiger partial charge in [-0.15, -0.1) is 0 Å². The van der Waals surface area contributed by atoms with Gasteiger partial charge in [-0.1, -0.05) is 42.5 Å². The number of hydrogen-bond donors (Lipinski definition) is 1. The molecule has 2 aromatic carbocycles. The number of nitro groups is 1. The van der Waals surface area contributed by atoms with E-state index in [2.05, 4.69) is 5.32 Å². The predicted octanol–water partition coefficient (Wildman–Crippen LogP) is 3.43. The molecule has 1 saturated heterocycles. The Hall–Kier alpha value is -2.99. The van der Waals surface area contributed by atoms with Crippen molar-refractivity contribution in [3.8, 4) is 0 Å². The molecule has 0 bridgehead atoms. The molecule has 6 heteroatoms. The Morgan fingerprint density at radius 2 is 2.04 bits per heavy atom. The fourth-order valence-corrected chi connectivity index (χ4v) is 2.90. The molecule has 0 unspecified atom stereocenters. The Morgan fingerprint density at radius 1 is 1.23 bits per heavy atom. The molecule has 0 saturated carbocycles. The fraction of sp³-hybridized carbons (Fsp3) is 0.250. The number of nitrogens with zero attached hydrogens (tertiary/aromatic N) is 1. The Morgan fingerprint density at radius 3 is 2.73 bits per heavy atom. The van der Waals surface area contributed by atoms with Crippen LogP contribution in [0.25, 0.3) is 11.6 Å². The zero-order valence-electron chi connectivity index (χ0n) is 14.3. The summed E-state index contributed by atoms with van der Waals surface area (Å²) in [6, 6.07) is 15.5. The predicted molar refractivity (Wildman–Crippen MR) is 99.4 cm³/mol. The van der Waals surface area contributed by atoms with E-state index in [4.69, 9.17) is 4.74 Å². The quantitative estimate of drug-likeness (QED) is 0.374. The normalized spacial score (nSPS) is 17.1. The Kier molecular flexibility index (Phi) is 5.76. The highest BCUT2D eigenvalue weighted by molar-refractivity contribution is 6.24. The van der Waals surface area contributed by atoms with Gasteiger partial charge in [0.2, 0.25) is 0 Å². The number of benzene rings is 2. The van der Waals surface area contributed by atoms with Crippen molar-refractivity contribution < 1.29 is 14.5 Å². The molecule has 1 aliphatic heterocycles. The van der Waals surface area contributed by atoms with Gasteiger partial charge in [-0.05, 0) is 30.0 Å². The summed E-state index contributed by atoms with van der Waals surface area (Å²) in [5.74, 6) is -0.224. The highest BCUT2D eigenvalue weighted by atomic mass is 16.6. The highest BCUT2D eigenvalue weighted by Crippen LogP contribution is 2.21. The van der Waals surface area contributed by atoms with E-state index in [1.54, 1.807) is 18.2 Å². The molecule has 6 nitrogen and oxygen atoms in total. The minimum atomic E-state index is -0.447. The second-order valence-electron chi connectivity index (χ2n) is 6.12. The molecule has 1 N–H and O–H groups in total. The van der Waals surface area contributed by atoms with Crippen molar-refractivity contribution >= 4 is 23.2 Å². The number of non-ortho nitro benzene ring substituents is 1. The van der Waals surface area contributed by atoms with Gasteiger partial charge in [0.05, 0.1) is 11.0 Å². The van der Waals surface area contributed by atoms with Crippen LogP contribution in [0, 0.1) is 10.1 Å². The lowest BCUT2D eigenvalue weighted by molar-refractivity contribution is -0.384. The molecule has 1 aliphatic rings. The van der Waals surface area contributed by atoms with Crippen LogP contribution in [0.4, 0.5) is 5.69 Å². The third-order valence-corrected chi connectivity index (χ3v) is 4.24. The van der Waals surface area contributed by atoms with E-state index >= 15 is 0 Å². The molecule has 1 amide bonds. The second kappa shape index (κ2) is 8.40. The zero-order chi connectivity index (χ0) is 18.4. The Labute approximate surface area is 151 Å². The van der Waals surface area contributed by atoms with Crippen molar-refractivity contribution in [2.75, 3.05) is 13.2 Å². The monoisotopic (exact) mass is 352 g/mol. The number of nitro benzene ring substituents is 1. The van der Waals surface area contributed by atoms with Gasteiger partial charge in [0.25, 0.3) is 11.6 Å². The number of amides is 1. The van der Waals surface area contributed by atoms with Crippen LogP contribution in [0.2, 0.25) is 0 Å². The van der Waals surface area contributed by atoms with Gasteiger partial charge in [-0.25, -0.2) is 0 Å². The van der Waals surface area contributed by atoms with Crippen molar-refractivity contribution in [2.24, 2.45) is 0 Å². The number of hydrogen-bond acceptors (Lipinski definition) is 4. The molecule has 0 aromatic heterocycles. The summed E-state index contributed by atoms with van der Waals surface area (Å²) < 4.78 is 5.54. The average Bonchev–Trinajstić information content (AvgIpc) is 3.19. The number of carbonyl (C=O) groups excluding carboxylic acids is 1. The summed E-state index contributed by atoms with van der Waals surface area (Å²) in [4.78, 5) is 23.3. The molecule has 134 valence electrons. The van der Waals surface area contributed by atoms with Crippen molar-refractivity contribution in [1.29, 1.82) is 0 Å². The second-order valence-corrected chi connectivity index (χ2v) is 6.12. The molecule has 0 aliphatic carbocycles. The first-order chi connectivity index (χ1) is 12.6. The van der Waals surface area contributed by atoms with Gasteiger partial charge in [-0.3, -0.25) is 14.9 Å². The number of carbonyl (C=O) groups is 1. The standard InChI is InChI=1S/C20H20N2O4/c23-20(21-14-18-10-5-11-26-18)19(16-7-2-1-3-8-16)13-15-6-4-9-17(12-15)22(24)25/h1-4,6-9,12-13,18H,5,10-11,14H2,(H,21,23)/b19-13+/t18-/m0/s1. The average molecular weight is 352 g/mol. The van der Waals surface area contributed by atoms with Crippen LogP contribution in [0.3, 0.4) is 0 Å². The summed E-state index contributed by atoms with van der Waals surface area (Å²) in [5.41, 5.74) is 1.81. The van der Waals surface area contributed by atoms with Crippen LogP contribution in [-0.2, 0) is 9.53 Å². The maximum atomic E-state index is 12.8. The van der Waals surface area contributed by atoms with E-state index in [0.717, 1.165) is 25.0 Å². The van der Waals surface area contributed by atoms with Crippen molar-refractivity contribution in [2.45, 2.75) is 18.9 Å². The van der Waals surface area contributed by atoms with E-state index in [0.29, 0.717) is 17.7 Å². The van der Waals surface area contributed by atoms with Gasteiger partial charge in [0.1, 0.15) is 0 Å². The largest absolute Gasteiger partial charge is 0.376 e. The lowest BCUT2D eigenvalue weighted by atomic mass is 10.0. The van der Waals surface area contributed by atoms with E-state index in [9.17, 15) is 14.9 Å². The molecule has 26 heavy (non-hydrogen) atoms. The van der Waals surface area contributed by atoms with E-state index in [1.807, 2.05) is 30.3 Å². The zero-order valence-corrected chi connectivity index (χ0v) is 14.3. The van der Waals surface area contributed by atoms with Gasteiger partial charge < -0.3 is 10.1 Å². The maximum absolute atomic E-state index is 12.8. The van der Waals surface area contributed by atoms with Crippen molar-refractivity contribution in [1.82, 2.24) is 5.32 Å². The van der Waals surface area contributed by atoms with Crippen LogP contribution in [0.5, 0.6) is 0 Å². The van der Waals surface area contributed by atoms with Crippen molar-refractivity contribution in [3.05, 3.63) is 75.8 Å². The Bertz CT molecular complexity index is 812. The first kappa shape index (κ1) is 17.8. The molecule has 0 radical (unpaired) electrons. The third kappa shape index (κ3) is 4.55. The summed E-state index contributed by atoms with van der Waals surface area (Å²) in [6.45, 7) is 1.19. The number of nitrogens with one attached hydrogen (secondary N) is 1. The fourth-order valence-electron chi connectivity index (χ4n) is 2.90. The molecule has 3 rings (SSSR count). The van der Waals surface area contributed by atoms with Gasteiger partial charge >= 0.3 is 0 Å². The number of ether oxygens (including phenoxy) is 1. The van der Waals surface area contributed by atoms with Crippen LogP contribution < -0.4 is 5.32 Å². The molecular formula is C20H20N2O4. The van der Waals surface area contributed by atoms with Gasteiger partial charge in [0, 0.05) is 30.9 Å². The molecule has 0 spiro atoms. The van der Waals surface area contributed by atoms with Crippen molar-refractivity contribution in [3.63, 3.8) is 0 Å². The summed E-state index contributed by atoms with van der Waals surface area (Å²) in [5, 5.41) is 13.9. The smallest absolute Gasteiger partial charge is 0.270 e. The minimum Gasteiger partial charge on any atom is -0.376 e. The van der Waals surface area contributed by atoms with Crippen LogP contribution in [0.15, 0.2) is 54.6 Å². The molecule has 1 heterocycles. The lowest BCUT2D eigenvalue weighted by Gasteiger charge is -2.13. The van der Waals surface area contributed by atoms with E-state index in [-0.39, 0.29) is 17.7 Å². The van der Waals surface area contributed by atoms with E-state index < -0.39 is 4.92 Å². The van der Waals surface area contributed by atoms with Crippen LogP contribution in [-0.4, -0.2) is 30.1 Å². The highest BCUT2D eigenvalue weighted by Gasteiger charge is 2.18. The third-order valence-electron chi connectivity index (χ3n) is 4.24. The van der Waals surface area contributed by atoms with Crippen LogP contribution in [0.1, 0.15) is 24.0 Å². The summed E-state index contributed by atoms with van der Waals surface area (Å²) in [7, 11) is 0. The summed E-state index contributed by atoms with van der Waals surface area (Å²) in [6.07, 6.45) is 3.67. The number of rotatable bonds is 6. The minimum absolute atomic E-state index is 0.00840. The first-order valence-electron chi connectivity index (χ1n) is 8.55. The molecule has 1 fully saturated rings. The van der Waals surface area contributed by atoms with Crippen LogP contribution >= 0.6 is 0 Å². The Balaban J connectivity index is 1.86. The maximum Gasteiger partial charge on any atom is 0.270 e. The van der Waals surface area contributed by atoms with Gasteiger partial charge in [-0.2, -0.15) is 0 Å². The summed E-state index contributed by atoms with van der Waals surface area (Å²) >= 11 is 0.